The van der Waals surface area contributed by atoms with Crippen LogP contribution in [0.5, 0.6) is 0 Å². The van der Waals surface area contributed by atoms with Crippen molar-refractivity contribution < 1.29 is 31.1 Å². The monoisotopic (exact) mass is 461 g/mol. The number of methoxy groups -OCH3 is 1. The molecule has 12 heteroatoms. The number of nitrogens with one attached hydrogen (secondary N) is 1. The second-order valence-electron chi connectivity index (χ2n) is 6.33. The van der Waals surface area contributed by atoms with Crippen LogP contribution in [-0.4, -0.2) is 42.5 Å². The summed E-state index contributed by atoms with van der Waals surface area (Å²) in [5.74, 6) is -0.809. The van der Waals surface area contributed by atoms with Gasteiger partial charge in [-0.15, -0.1) is 0 Å². The minimum atomic E-state index is -4.83. The van der Waals surface area contributed by atoms with E-state index in [9.17, 15) is 26.4 Å². The third kappa shape index (κ3) is 4.36. The molecule has 160 valence electrons. The molecular formula is C18H15ClF3N3O4S. The van der Waals surface area contributed by atoms with Crippen molar-refractivity contribution in [3.63, 3.8) is 0 Å². The molecule has 30 heavy (non-hydrogen) atoms. The van der Waals surface area contributed by atoms with E-state index >= 15 is 0 Å². The van der Waals surface area contributed by atoms with Crippen LogP contribution < -0.4 is 0 Å². The molecule has 0 spiro atoms. The van der Waals surface area contributed by atoms with Crippen molar-refractivity contribution in [2.24, 2.45) is 0 Å². The van der Waals surface area contributed by atoms with E-state index in [1.165, 1.54) is 18.2 Å². The summed E-state index contributed by atoms with van der Waals surface area (Å²) in [5, 5.41) is 2.76. The summed E-state index contributed by atoms with van der Waals surface area (Å²) in [4.78, 5) is 14.6. The third-order valence-electron chi connectivity index (χ3n) is 4.18. The number of nitrogens with zero attached hydrogens (tertiary/aromatic N) is 2. The zero-order valence-electron chi connectivity index (χ0n) is 15.6. The summed E-state index contributed by atoms with van der Waals surface area (Å²) in [6.07, 6.45) is -3.76. The lowest BCUT2D eigenvalue weighted by atomic mass is 10.2. The van der Waals surface area contributed by atoms with Crippen molar-refractivity contribution in [3.05, 3.63) is 47.1 Å². The smallest absolute Gasteiger partial charge is 0.436 e. The molecule has 0 amide bonds. The molecule has 3 aromatic rings. The van der Waals surface area contributed by atoms with Crippen LogP contribution >= 0.6 is 11.6 Å². The first kappa shape index (κ1) is 21.9. The molecule has 2 aromatic heterocycles. The van der Waals surface area contributed by atoms with Crippen molar-refractivity contribution in [1.29, 1.82) is 0 Å². The number of sulfone groups is 1. The fourth-order valence-electron chi connectivity index (χ4n) is 2.78. The molecule has 0 bridgehead atoms. The second-order valence-corrected chi connectivity index (χ2v) is 8.72. The highest BCUT2D eigenvalue weighted by atomic mass is 35.5. The van der Waals surface area contributed by atoms with Crippen LogP contribution in [0.3, 0.4) is 0 Å². The predicted octanol–water partition coefficient (Wildman–Crippen LogP) is 3.79. The summed E-state index contributed by atoms with van der Waals surface area (Å²) in [7, 11) is -2.35. The fraction of sp³-hybridized carbons (Fsp3) is 0.222. The molecular weight excluding hydrogens is 447 g/mol. The Morgan fingerprint density at radius 2 is 1.90 bits per heavy atom. The molecule has 0 aliphatic carbocycles. The number of benzene rings is 1. The van der Waals surface area contributed by atoms with Gasteiger partial charge in [-0.2, -0.15) is 18.3 Å². The molecule has 0 aliphatic heterocycles. The van der Waals surface area contributed by atoms with E-state index in [-0.39, 0.29) is 16.3 Å². The minimum absolute atomic E-state index is 0.0873. The molecule has 0 atom stereocenters. The Bertz CT molecular complexity index is 1220. The number of aromatic amines is 1. The number of rotatable bonds is 5. The van der Waals surface area contributed by atoms with E-state index in [2.05, 4.69) is 14.8 Å². The number of hydrogen-bond acceptors (Lipinski definition) is 5. The number of halogens is 4. The largest absolute Gasteiger partial charge is 0.468 e. The van der Waals surface area contributed by atoms with Gasteiger partial charge in [0.25, 0.3) is 0 Å². The number of aromatic nitrogens is 3. The average molecular weight is 462 g/mol. The molecule has 7 nitrogen and oxygen atoms in total. The summed E-state index contributed by atoms with van der Waals surface area (Å²) in [6, 6.07) is 9.05. The van der Waals surface area contributed by atoms with E-state index in [0.29, 0.717) is 11.3 Å². The first-order chi connectivity index (χ1) is 13.9. The Morgan fingerprint density at radius 1 is 1.23 bits per heavy atom. The zero-order chi connectivity index (χ0) is 22.3. The molecule has 0 fully saturated rings. The molecule has 1 N–H and O–H groups in total. The van der Waals surface area contributed by atoms with Crippen LogP contribution in [0.1, 0.15) is 5.69 Å². The van der Waals surface area contributed by atoms with Gasteiger partial charge in [-0.1, -0.05) is 23.7 Å². The van der Waals surface area contributed by atoms with Gasteiger partial charge in [-0.25, -0.2) is 13.1 Å². The SMILES string of the molecule is COC(=O)Cn1nc(C(F)(F)F)c(Cl)c1-c1ccc(-c2cccc(S(C)(=O)=O)c2)[nH]1. The van der Waals surface area contributed by atoms with Crippen molar-refractivity contribution in [2.75, 3.05) is 13.4 Å². The summed E-state index contributed by atoms with van der Waals surface area (Å²) in [6.45, 7) is -0.584. The minimum Gasteiger partial charge on any atom is -0.468 e. The summed E-state index contributed by atoms with van der Waals surface area (Å²) in [5.41, 5.74) is -0.397. The highest BCUT2D eigenvalue weighted by Gasteiger charge is 2.39. The molecule has 1 aromatic carbocycles. The molecule has 0 aliphatic rings. The van der Waals surface area contributed by atoms with Gasteiger partial charge in [0.2, 0.25) is 0 Å². The van der Waals surface area contributed by atoms with Gasteiger partial charge in [-0.3, -0.25) is 4.79 Å². The number of carbonyl (C=O) groups is 1. The summed E-state index contributed by atoms with van der Waals surface area (Å²) < 4.78 is 68.6. The summed E-state index contributed by atoms with van der Waals surface area (Å²) >= 11 is 5.96. The molecule has 0 radical (unpaired) electrons. The first-order valence-corrected chi connectivity index (χ1v) is 10.6. The Hall–Kier alpha value is -2.79. The Morgan fingerprint density at radius 3 is 2.50 bits per heavy atom. The van der Waals surface area contributed by atoms with Crippen LogP contribution in [0.25, 0.3) is 22.6 Å². The Labute approximate surface area is 174 Å². The number of alkyl halides is 3. The van der Waals surface area contributed by atoms with E-state index in [4.69, 9.17) is 11.6 Å². The topological polar surface area (TPSA) is 94.1 Å². The lowest BCUT2D eigenvalue weighted by Crippen LogP contribution is -2.15. The highest BCUT2D eigenvalue weighted by molar-refractivity contribution is 7.90. The third-order valence-corrected chi connectivity index (χ3v) is 5.65. The van der Waals surface area contributed by atoms with Gasteiger partial charge >= 0.3 is 12.1 Å². The number of hydrogen-bond donors (Lipinski definition) is 1. The lowest BCUT2D eigenvalue weighted by Gasteiger charge is -2.06. The van der Waals surface area contributed by atoms with Crippen LogP contribution in [-0.2, 0) is 32.1 Å². The van der Waals surface area contributed by atoms with Crippen molar-refractivity contribution in [2.45, 2.75) is 17.6 Å². The molecule has 3 rings (SSSR count). The van der Waals surface area contributed by atoms with Crippen LogP contribution in [0.4, 0.5) is 13.2 Å². The first-order valence-electron chi connectivity index (χ1n) is 8.32. The maximum Gasteiger partial charge on any atom is 0.436 e. The van der Waals surface area contributed by atoms with Gasteiger partial charge in [0.15, 0.2) is 15.5 Å². The zero-order valence-corrected chi connectivity index (χ0v) is 17.2. The van der Waals surface area contributed by atoms with Gasteiger partial charge < -0.3 is 9.72 Å². The van der Waals surface area contributed by atoms with E-state index in [0.717, 1.165) is 18.0 Å². The maximum atomic E-state index is 13.3. The van der Waals surface area contributed by atoms with Gasteiger partial charge in [0.1, 0.15) is 17.3 Å². The standard InChI is InChI=1S/C18H15ClF3N3O4S/c1-29-14(26)9-25-16(15(19)17(24-25)18(20,21)22)13-7-6-12(23-13)10-4-3-5-11(8-10)30(2,27)28/h3-8,23H,9H2,1-2H3. The number of ether oxygens (including phenoxy) is 1. The highest BCUT2D eigenvalue weighted by Crippen LogP contribution is 2.40. The van der Waals surface area contributed by atoms with Gasteiger partial charge in [0, 0.05) is 11.9 Å². The van der Waals surface area contributed by atoms with Crippen molar-refractivity contribution in [3.8, 4) is 22.6 Å². The molecule has 0 saturated heterocycles. The van der Waals surface area contributed by atoms with E-state index in [1.54, 1.807) is 18.2 Å². The van der Waals surface area contributed by atoms with Crippen LogP contribution in [0.15, 0.2) is 41.3 Å². The Balaban J connectivity index is 2.11. The lowest BCUT2D eigenvalue weighted by molar-refractivity contribution is -0.144. The molecule has 0 unspecified atom stereocenters. The Kier molecular flexibility index (Phi) is 5.70. The van der Waals surface area contributed by atoms with Crippen molar-refractivity contribution >= 4 is 27.4 Å². The van der Waals surface area contributed by atoms with Gasteiger partial charge in [0.05, 0.1) is 17.7 Å². The molecule has 2 heterocycles. The van der Waals surface area contributed by atoms with E-state index in [1.807, 2.05) is 0 Å². The van der Waals surface area contributed by atoms with Crippen LogP contribution in [0, 0.1) is 0 Å². The normalized spacial score (nSPS) is 12.2. The van der Waals surface area contributed by atoms with Crippen LogP contribution in [0.2, 0.25) is 5.02 Å². The molecule has 0 saturated carbocycles. The fourth-order valence-corrected chi connectivity index (χ4v) is 3.79. The van der Waals surface area contributed by atoms with Gasteiger partial charge in [-0.05, 0) is 29.8 Å². The predicted molar refractivity (Wildman–Crippen MR) is 103 cm³/mol. The number of H-pyrrole nitrogens is 1. The quantitative estimate of drug-likeness (QED) is 0.583. The number of esters is 1. The number of carbonyl (C=O) groups excluding carboxylic acids is 1. The van der Waals surface area contributed by atoms with Crippen molar-refractivity contribution in [1.82, 2.24) is 14.8 Å². The van der Waals surface area contributed by atoms with E-state index < -0.39 is 39.2 Å². The second kappa shape index (κ2) is 7.80. The maximum absolute atomic E-state index is 13.3. The average Bonchev–Trinajstić information content (AvgIpc) is 3.25.